The van der Waals surface area contributed by atoms with Gasteiger partial charge in [-0.3, -0.25) is 9.59 Å². The number of rotatable bonds is 3. The van der Waals surface area contributed by atoms with E-state index >= 15 is 0 Å². The first kappa shape index (κ1) is 19.8. The van der Waals surface area contributed by atoms with Gasteiger partial charge in [-0.05, 0) is 6.92 Å². The first-order valence-corrected chi connectivity index (χ1v) is 9.53. The molecular weight excluding hydrogens is 364 g/mol. The van der Waals surface area contributed by atoms with Crippen LogP contribution in [0.5, 0.6) is 0 Å². The van der Waals surface area contributed by atoms with Crippen molar-refractivity contribution in [2.45, 2.75) is 13.8 Å². The summed E-state index contributed by atoms with van der Waals surface area (Å²) in [4.78, 5) is 51.5. The van der Waals surface area contributed by atoms with Crippen LogP contribution in [0.2, 0.25) is 0 Å². The van der Waals surface area contributed by atoms with Gasteiger partial charge in [0.2, 0.25) is 5.91 Å². The molecule has 0 atom stereocenters. The molecule has 1 aromatic heterocycles. The summed E-state index contributed by atoms with van der Waals surface area (Å²) in [5.41, 5.74) is 0.296. The largest absolute Gasteiger partial charge is 0.450 e. The molecule has 3 amide bonds. The summed E-state index contributed by atoms with van der Waals surface area (Å²) in [6, 6.07) is 0. The summed E-state index contributed by atoms with van der Waals surface area (Å²) in [6.45, 7) is 8.14. The lowest BCUT2D eigenvalue weighted by molar-refractivity contribution is -0.130. The van der Waals surface area contributed by atoms with Crippen molar-refractivity contribution in [1.29, 1.82) is 0 Å². The van der Waals surface area contributed by atoms with Crippen LogP contribution in [0.1, 0.15) is 24.3 Å². The van der Waals surface area contributed by atoms with E-state index in [9.17, 15) is 14.4 Å². The number of hydrogen-bond donors (Lipinski definition) is 0. The van der Waals surface area contributed by atoms with Gasteiger partial charge in [-0.15, -0.1) is 0 Å². The maximum atomic E-state index is 12.6. The Hall–Kier alpha value is -2.91. The number of amides is 3. The molecule has 0 aliphatic carbocycles. The Bertz CT molecular complexity index is 709. The van der Waals surface area contributed by atoms with Crippen molar-refractivity contribution < 1.29 is 19.1 Å². The standard InChI is InChI=1S/C18H26N6O4/c1-3-28-18(27)24-10-6-22(7-11-24)16-13-19-15(12-20-16)17(26)23-8-4-21(5-9-23)14(2)25/h12-13H,3-11H2,1-2H3. The van der Waals surface area contributed by atoms with Crippen molar-refractivity contribution >= 4 is 23.7 Å². The fraction of sp³-hybridized carbons (Fsp3) is 0.611. The lowest BCUT2D eigenvalue weighted by Crippen LogP contribution is -2.50. The molecule has 3 rings (SSSR count). The van der Waals surface area contributed by atoms with Crippen LogP contribution >= 0.6 is 0 Å². The van der Waals surface area contributed by atoms with Crippen molar-refractivity contribution in [1.82, 2.24) is 24.7 Å². The van der Waals surface area contributed by atoms with Gasteiger partial charge in [0.1, 0.15) is 11.5 Å². The molecule has 2 fully saturated rings. The minimum atomic E-state index is -0.293. The van der Waals surface area contributed by atoms with Crippen LogP contribution in [0.15, 0.2) is 12.4 Å². The van der Waals surface area contributed by atoms with Crippen molar-refractivity contribution in [3.05, 3.63) is 18.1 Å². The highest BCUT2D eigenvalue weighted by atomic mass is 16.6. The average Bonchev–Trinajstić information content (AvgIpc) is 2.74. The molecule has 1 aromatic rings. The predicted octanol–water partition coefficient (Wildman–Crippen LogP) is 0.0594. The summed E-state index contributed by atoms with van der Waals surface area (Å²) < 4.78 is 5.02. The van der Waals surface area contributed by atoms with Gasteiger partial charge in [-0.1, -0.05) is 0 Å². The van der Waals surface area contributed by atoms with E-state index in [0.717, 1.165) is 0 Å². The van der Waals surface area contributed by atoms with Gasteiger partial charge in [0.05, 0.1) is 19.0 Å². The molecule has 0 saturated carbocycles. The molecule has 0 N–H and O–H groups in total. The third-order valence-electron chi connectivity index (χ3n) is 5.00. The Kier molecular flexibility index (Phi) is 6.27. The van der Waals surface area contributed by atoms with Gasteiger partial charge < -0.3 is 24.3 Å². The van der Waals surface area contributed by atoms with E-state index in [1.807, 2.05) is 4.90 Å². The predicted molar refractivity (Wildman–Crippen MR) is 101 cm³/mol. The van der Waals surface area contributed by atoms with Gasteiger partial charge in [-0.2, -0.15) is 0 Å². The van der Waals surface area contributed by atoms with E-state index in [0.29, 0.717) is 70.5 Å². The smallest absolute Gasteiger partial charge is 0.409 e. The molecule has 2 saturated heterocycles. The Morgan fingerprint density at radius 2 is 1.50 bits per heavy atom. The normalized spacial score (nSPS) is 17.5. The van der Waals surface area contributed by atoms with E-state index < -0.39 is 0 Å². The topological polar surface area (TPSA) is 99.2 Å². The third kappa shape index (κ3) is 4.49. The number of ether oxygens (including phenoxy) is 1. The van der Waals surface area contributed by atoms with Gasteiger partial charge >= 0.3 is 6.09 Å². The fourth-order valence-electron chi connectivity index (χ4n) is 3.31. The first-order chi connectivity index (χ1) is 13.5. The highest BCUT2D eigenvalue weighted by molar-refractivity contribution is 5.92. The summed E-state index contributed by atoms with van der Waals surface area (Å²) in [5, 5.41) is 0. The van der Waals surface area contributed by atoms with E-state index in [4.69, 9.17) is 4.74 Å². The molecule has 0 spiro atoms. The highest BCUT2D eigenvalue weighted by Gasteiger charge is 2.25. The van der Waals surface area contributed by atoms with E-state index in [-0.39, 0.29) is 17.9 Å². The van der Waals surface area contributed by atoms with Crippen LogP contribution in [0, 0.1) is 0 Å². The minimum absolute atomic E-state index is 0.0271. The Balaban J connectivity index is 1.53. The molecule has 10 heteroatoms. The molecule has 28 heavy (non-hydrogen) atoms. The minimum Gasteiger partial charge on any atom is -0.450 e. The summed E-state index contributed by atoms with van der Waals surface area (Å²) >= 11 is 0. The molecule has 152 valence electrons. The number of aromatic nitrogens is 2. The number of nitrogens with zero attached hydrogens (tertiary/aromatic N) is 6. The first-order valence-electron chi connectivity index (χ1n) is 9.53. The van der Waals surface area contributed by atoms with Gasteiger partial charge in [0.15, 0.2) is 0 Å². The number of anilines is 1. The summed E-state index contributed by atoms with van der Waals surface area (Å²) in [7, 11) is 0. The van der Waals surface area contributed by atoms with Crippen LogP contribution in [-0.4, -0.2) is 102 Å². The summed E-state index contributed by atoms with van der Waals surface area (Å²) in [5.74, 6) is 0.537. The lowest BCUT2D eigenvalue weighted by atomic mass is 10.2. The van der Waals surface area contributed by atoms with Crippen LogP contribution in [0.25, 0.3) is 0 Å². The zero-order chi connectivity index (χ0) is 20.1. The van der Waals surface area contributed by atoms with Crippen molar-refractivity contribution in [2.24, 2.45) is 0 Å². The zero-order valence-corrected chi connectivity index (χ0v) is 16.3. The summed E-state index contributed by atoms with van der Waals surface area (Å²) in [6.07, 6.45) is 2.80. The van der Waals surface area contributed by atoms with Gasteiger partial charge in [0, 0.05) is 59.3 Å². The van der Waals surface area contributed by atoms with E-state index in [1.54, 1.807) is 27.8 Å². The maximum absolute atomic E-state index is 12.6. The number of hydrogen-bond acceptors (Lipinski definition) is 7. The van der Waals surface area contributed by atoms with E-state index in [1.165, 1.54) is 13.1 Å². The Labute approximate surface area is 164 Å². The van der Waals surface area contributed by atoms with Crippen molar-refractivity contribution in [3.8, 4) is 0 Å². The average molecular weight is 390 g/mol. The van der Waals surface area contributed by atoms with Crippen LogP contribution in [0.3, 0.4) is 0 Å². The zero-order valence-electron chi connectivity index (χ0n) is 16.3. The Morgan fingerprint density at radius 1 is 0.893 bits per heavy atom. The number of carbonyl (C=O) groups is 3. The lowest BCUT2D eigenvalue weighted by Gasteiger charge is -2.35. The van der Waals surface area contributed by atoms with Crippen LogP contribution in [-0.2, 0) is 9.53 Å². The van der Waals surface area contributed by atoms with Gasteiger partial charge in [0.25, 0.3) is 5.91 Å². The number of carbonyl (C=O) groups excluding carboxylic acids is 3. The maximum Gasteiger partial charge on any atom is 0.409 e. The second-order valence-corrected chi connectivity index (χ2v) is 6.73. The second-order valence-electron chi connectivity index (χ2n) is 6.73. The third-order valence-corrected chi connectivity index (χ3v) is 5.00. The molecule has 2 aliphatic rings. The molecule has 10 nitrogen and oxygen atoms in total. The molecule has 0 unspecified atom stereocenters. The molecule has 3 heterocycles. The van der Waals surface area contributed by atoms with Crippen LogP contribution in [0.4, 0.5) is 10.6 Å². The molecular formula is C18H26N6O4. The SMILES string of the molecule is CCOC(=O)N1CCN(c2cnc(C(=O)N3CCN(C(C)=O)CC3)cn2)CC1. The second kappa shape index (κ2) is 8.85. The van der Waals surface area contributed by atoms with Gasteiger partial charge in [-0.25, -0.2) is 14.8 Å². The molecule has 0 bridgehead atoms. The molecule has 2 aliphatic heterocycles. The Morgan fingerprint density at radius 3 is 2.04 bits per heavy atom. The van der Waals surface area contributed by atoms with E-state index in [2.05, 4.69) is 9.97 Å². The number of piperazine rings is 2. The molecule has 0 radical (unpaired) electrons. The highest BCUT2D eigenvalue weighted by Crippen LogP contribution is 2.14. The fourth-order valence-corrected chi connectivity index (χ4v) is 3.31. The van der Waals surface area contributed by atoms with Crippen molar-refractivity contribution in [2.75, 3.05) is 63.9 Å². The monoisotopic (exact) mass is 390 g/mol. The molecule has 0 aromatic carbocycles. The quantitative estimate of drug-likeness (QED) is 0.720. The van der Waals surface area contributed by atoms with Crippen molar-refractivity contribution in [3.63, 3.8) is 0 Å². The van der Waals surface area contributed by atoms with Crippen LogP contribution < -0.4 is 4.90 Å².